The molecular weight excluding hydrogens is 200 g/mol. The van der Waals surface area contributed by atoms with Crippen molar-refractivity contribution in [3.8, 4) is 0 Å². The van der Waals surface area contributed by atoms with Crippen LogP contribution in [0.1, 0.15) is 31.9 Å². The molecule has 2 atom stereocenters. The van der Waals surface area contributed by atoms with Crippen molar-refractivity contribution in [2.75, 3.05) is 6.61 Å². The lowest BCUT2D eigenvalue weighted by Gasteiger charge is -2.34. The number of hydrogen-bond acceptors (Lipinski definition) is 2. The molecule has 0 aliphatic carbocycles. The van der Waals surface area contributed by atoms with Crippen LogP contribution >= 0.6 is 0 Å². The Hall–Kier alpha value is -1.12. The van der Waals surface area contributed by atoms with E-state index in [0.29, 0.717) is 13.0 Å². The lowest BCUT2D eigenvalue weighted by atomic mass is 9.88. The van der Waals surface area contributed by atoms with Crippen molar-refractivity contribution in [2.24, 2.45) is 0 Å². The van der Waals surface area contributed by atoms with Gasteiger partial charge in [0, 0.05) is 6.61 Å². The predicted octanol–water partition coefficient (Wildman–Crippen LogP) is 3.09. The molecule has 1 aromatic carbocycles. The lowest BCUT2D eigenvalue weighted by Crippen LogP contribution is -2.36. The average Bonchev–Trinajstić information content (AvgIpc) is 2.36. The first-order valence-corrected chi connectivity index (χ1v) is 5.70. The largest absolute Gasteiger partial charge is 0.385 e. The summed E-state index contributed by atoms with van der Waals surface area (Å²) in [6.07, 6.45) is 1.73. The molecule has 0 aromatic heterocycles. The van der Waals surface area contributed by atoms with Gasteiger partial charge in [0.1, 0.15) is 11.7 Å². The minimum Gasteiger partial charge on any atom is -0.385 e. The van der Waals surface area contributed by atoms with Crippen molar-refractivity contribution in [3.05, 3.63) is 48.6 Å². The summed E-state index contributed by atoms with van der Waals surface area (Å²) in [7, 11) is 0. The first kappa shape index (κ1) is 12.9. The summed E-state index contributed by atoms with van der Waals surface area (Å²) < 4.78 is 5.68. The minimum absolute atomic E-state index is 0.559. The van der Waals surface area contributed by atoms with Gasteiger partial charge in [-0.3, -0.25) is 0 Å². The summed E-state index contributed by atoms with van der Waals surface area (Å²) in [5.41, 5.74) is 0.175. The van der Waals surface area contributed by atoms with Gasteiger partial charge in [-0.05, 0) is 18.9 Å². The van der Waals surface area contributed by atoms with Crippen LogP contribution in [-0.2, 0) is 4.74 Å². The predicted molar refractivity (Wildman–Crippen MR) is 66.2 cm³/mol. The maximum absolute atomic E-state index is 10.4. The highest BCUT2D eigenvalue weighted by Crippen LogP contribution is 2.33. The molecule has 0 heterocycles. The smallest absolute Gasteiger partial charge is 0.116 e. The number of rotatable bonds is 6. The highest BCUT2D eigenvalue weighted by atomic mass is 16.5. The standard InChI is InChI=1S/C14H20O2/c1-4-14(5-2,16-6-3)13(15)12-10-8-7-9-11-12/h4,7-11,13,15H,1,5-6H2,2-3H3/t13-,14+/m0/s1. The van der Waals surface area contributed by atoms with Crippen LogP contribution in [-0.4, -0.2) is 17.3 Å². The third kappa shape index (κ3) is 2.52. The zero-order chi connectivity index (χ0) is 12.0. The van der Waals surface area contributed by atoms with Crippen molar-refractivity contribution >= 4 is 0 Å². The number of aliphatic hydroxyl groups is 1. The molecule has 0 spiro atoms. The third-order valence-electron chi connectivity index (χ3n) is 2.89. The Kier molecular flexibility index (Phi) is 4.71. The monoisotopic (exact) mass is 220 g/mol. The van der Waals surface area contributed by atoms with Gasteiger partial charge in [-0.2, -0.15) is 0 Å². The van der Waals surface area contributed by atoms with Gasteiger partial charge >= 0.3 is 0 Å². The fourth-order valence-corrected chi connectivity index (χ4v) is 1.88. The molecule has 1 rings (SSSR count). The highest BCUT2D eigenvalue weighted by Gasteiger charge is 2.34. The van der Waals surface area contributed by atoms with E-state index in [1.807, 2.05) is 44.2 Å². The molecule has 1 aromatic rings. The van der Waals surface area contributed by atoms with Crippen LogP contribution in [0.5, 0.6) is 0 Å². The first-order chi connectivity index (χ1) is 7.70. The van der Waals surface area contributed by atoms with Crippen LogP contribution in [0.4, 0.5) is 0 Å². The van der Waals surface area contributed by atoms with Crippen LogP contribution in [0.25, 0.3) is 0 Å². The van der Waals surface area contributed by atoms with Crippen LogP contribution in [0.3, 0.4) is 0 Å². The topological polar surface area (TPSA) is 29.5 Å². The lowest BCUT2D eigenvalue weighted by molar-refractivity contribution is -0.0920. The van der Waals surface area contributed by atoms with E-state index in [2.05, 4.69) is 6.58 Å². The quantitative estimate of drug-likeness (QED) is 0.746. The average molecular weight is 220 g/mol. The van der Waals surface area contributed by atoms with E-state index >= 15 is 0 Å². The second-order valence-electron chi connectivity index (χ2n) is 3.76. The zero-order valence-electron chi connectivity index (χ0n) is 10.0. The van der Waals surface area contributed by atoms with Crippen LogP contribution in [0, 0.1) is 0 Å². The highest BCUT2D eigenvalue weighted by molar-refractivity contribution is 5.23. The van der Waals surface area contributed by atoms with E-state index in [4.69, 9.17) is 4.74 Å². The first-order valence-electron chi connectivity index (χ1n) is 5.70. The summed E-state index contributed by atoms with van der Waals surface area (Å²) in [6.45, 7) is 8.26. The number of ether oxygens (including phenoxy) is 1. The van der Waals surface area contributed by atoms with Crippen molar-refractivity contribution < 1.29 is 9.84 Å². The number of benzene rings is 1. The van der Waals surface area contributed by atoms with Crippen molar-refractivity contribution in [3.63, 3.8) is 0 Å². The van der Waals surface area contributed by atoms with Gasteiger partial charge in [0.15, 0.2) is 0 Å². The van der Waals surface area contributed by atoms with Gasteiger partial charge in [-0.1, -0.05) is 43.3 Å². The molecule has 2 heteroatoms. The van der Waals surface area contributed by atoms with Crippen LogP contribution < -0.4 is 0 Å². The number of hydrogen-bond donors (Lipinski definition) is 1. The third-order valence-corrected chi connectivity index (χ3v) is 2.89. The molecule has 0 radical (unpaired) electrons. The summed E-state index contributed by atoms with van der Waals surface area (Å²) in [5, 5.41) is 10.4. The van der Waals surface area contributed by atoms with Crippen LogP contribution in [0.2, 0.25) is 0 Å². The van der Waals surface area contributed by atoms with Gasteiger partial charge in [0.2, 0.25) is 0 Å². The van der Waals surface area contributed by atoms with Crippen molar-refractivity contribution in [1.82, 2.24) is 0 Å². The molecule has 0 fully saturated rings. The van der Waals surface area contributed by atoms with Gasteiger partial charge < -0.3 is 9.84 Å². The Morgan fingerprint density at radius 3 is 2.44 bits per heavy atom. The molecule has 0 aliphatic heterocycles. The van der Waals surface area contributed by atoms with E-state index in [1.54, 1.807) is 6.08 Å². The zero-order valence-corrected chi connectivity index (χ0v) is 10.0. The van der Waals surface area contributed by atoms with Gasteiger partial charge in [-0.15, -0.1) is 6.58 Å². The molecule has 0 bridgehead atoms. The molecule has 0 saturated carbocycles. The molecule has 0 unspecified atom stereocenters. The van der Waals surface area contributed by atoms with Crippen LogP contribution in [0.15, 0.2) is 43.0 Å². The van der Waals surface area contributed by atoms with E-state index in [0.717, 1.165) is 5.56 Å². The van der Waals surface area contributed by atoms with Crippen molar-refractivity contribution in [2.45, 2.75) is 32.0 Å². The SMILES string of the molecule is C=C[C@](CC)(OCC)[C@@H](O)c1ccccc1. The number of aliphatic hydroxyl groups excluding tert-OH is 1. The summed E-state index contributed by atoms with van der Waals surface area (Å²) >= 11 is 0. The van der Waals surface area contributed by atoms with E-state index in [9.17, 15) is 5.11 Å². The van der Waals surface area contributed by atoms with E-state index in [-0.39, 0.29) is 0 Å². The second kappa shape index (κ2) is 5.83. The Balaban J connectivity index is 2.99. The van der Waals surface area contributed by atoms with Gasteiger partial charge in [0.05, 0.1) is 0 Å². The molecule has 0 saturated heterocycles. The fourth-order valence-electron chi connectivity index (χ4n) is 1.88. The fraction of sp³-hybridized carbons (Fsp3) is 0.429. The Labute approximate surface area is 97.6 Å². The van der Waals surface area contributed by atoms with E-state index in [1.165, 1.54) is 0 Å². The summed E-state index contributed by atoms with van der Waals surface area (Å²) in [4.78, 5) is 0. The summed E-state index contributed by atoms with van der Waals surface area (Å²) in [5.74, 6) is 0. The Bertz CT molecular complexity index is 321. The van der Waals surface area contributed by atoms with E-state index < -0.39 is 11.7 Å². The summed E-state index contributed by atoms with van der Waals surface area (Å²) in [6, 6.07) is 9.55. The normalized spacial score (nSPS) is 16.4. The van der Waals surface area contributed by atoms with Crippen molar-refractivity contribution in [1.29, 1.82) is 0 Å². The molecule has 88 valence electrons. The molecular formula is C14H20O2. The second-order valence-corrected chi connectivity index (χ2v) is 3.76. The maximum atomic E-state index is 10.4. The molecule has 0 amide bonds. The molecule has 0 aliphatic rings. The maximum Gasteiger partial charge on any atom is 0.116 e. The van der Waals surface area contributed by atoms with Gasteiger partial charge in [0.25, 0.3) is 0 Å². The molecule has 1 N–H and O–H groups in total. The minimum atomic E-state index is -0.684. The Morgan fingerprint density at radius 2 is 2.00 bits per heavy atom. The molecule has 2 nitrogen and oxygen atoms in total. The van der Waals surface area contributed by atoms with Gasteiger partial charge in [-0.25, -0.2) is 0 Å². The Morgan fingerprint density at radius 1 is 1.38 bits per heavy atom. The molecule has 16 heavy (non-hydrogen) atoms.